The lowest BCUT2D eigenvalue weighted by atomic mass is 10.00. The van der Waals surface area contributed by atoms with E-state index in [0.29, 0.717) is 43.4 Å². The molecule has 0 atom stereocenters. The van der Waals surface area contributed by atoms with Crippen LogP contribution in [0.1, 0.15) is 38.6 Å². The van der Waals surface area contributed by atoms with Crippen molar-refractivity contribution in [1.82, 2.24) is 9.80 Å². The first kappa shape index (κ1) is 24.7. The number of hydrogen-bond donors (Lipinski definition) is 0. The number of hydrogen-bond acceptors (Lipinski definition) is 5. The summed E-state index contributed by atoms with van der Waals surface area (Å²) in [7, 11) is 3.28. The molecular weight excluding hydrogens is 464 g/mol. The van der Waals surface area contributed by atoms with Crippen LogP contribution < -0.4 is 9.47 Å². The van der Waals surface area contributed by atoms with E-state index in [4.69, 9.17) is 13.9 Å². The Labute approximate surface area is 218 Å². The van der Waals surface area contributed by atoms with Crippen molar-refractivity contribution in [2.45, 2.75) is 32.6 Å². The molecule has 0 saturated carbocycles. The molecule has 190 valence electrons. The van der Waals surface area contributed by atoms with Gasteiger partial charge in [0.15, 0.2) is 17.3 Å². The van der Waals surface area contributed by atoms with Gasteiger partial charge in [-0.3, -0.25) is 9.69 Å². The lowest BCUT2D eigenvalue weighted by molar-refractivity contribution is 0.0698. The Morgan fingerprint density at radius 3 is 2.32 bits per heavy atom. The summed E-state index contributed by atoms with van der Waals surface area (Å²) in [5.74, 6) is 2.50. The van der Waals surface area contributed by atoms with Crippen molar-refractivity contribution < 1.29 is 18.7 Å². The van der Waals surface area contributed by atoms with Gasteiger partial charge in [-0.1, -0.05) is 60.7 Å². The molecule has 3 aromatic carbocycles. The normalized spacial score (nSPS) is 12.9. The van der Waals surface area contributed by atoms with Crippen LogP contribution in [0.4, 0.5) is 0 Å². The molecule has 0 aliphatic carbocycles. The van der Waals surface area contributed by atoms with Crippen LogP contribution >= 0.6 is 0 Å². The zero-order chi connectivity index (χ0) is 25.6. The molecule has 1 aliphatic heterocycles. The van der Waals surface area contributed by atoms with Gasteiger partial charge in [-0.05, 0) is 52.9 Å². The van der Waals surface area contributed by atoms with Gasteiger partial charge in [0.1, 0.15) is 5.76 Å². The van der Waals surface area contributed by atoms with E-state index in [-0.39, 0.29) is 5.91 Å². The first-order valence-electron chi connectivity index (χ1n) is 12.5. The molecule has 0 radical (unpaired) electrons. The highest BCUT2D eigenvalue weighted by Gasteiger charge is 2.24. The summed E-state index contributed by atoms with van der Waals surface area (Å²) < 4.78 is 17.0. The lowest BCUT2D eigenvalue weighted by Crippen LogP contribution is -2.35. The van der Waals surface area contributed by atoms with E-state index >= 15 is 0 Å². The largest absolute Gasteiger partial charge is 0.493 e. The second-order valence-corrected chi connectivity index (χ2v) is 9.33. The summed E-state index contributed by atoms with van der Waals surface area (Å²) in [4.78, 5) is 17.4. The maximum absolute atomic E-state index is 13.2. The van der Waals surface area contributed by atoms with E-state index in [2.05, 4.69) is 35.2 Å². The SMILES string of the molecule is COc1ccc(CN(Cc2ccccc2)Cc2ccc(C(=O)N3CCc4ccccc4C3)o2)cc1OC. The van der Waals surface area contributed by atoms with Crippen LogP contribution in [0.2, 0.25) is 0 Å². The number of fused-ring (bicyclic) bond motifs is 1. The van der Waals surface area contributed by atoms with Crippen LogP contribution in [-0.4, -0.2) is 36.5 Å². The molecular formula is C31H32N2O4. The van der Waals surface area contributed by atoms with Crippen LogP contribution in [0.3, 0.4) is 0 Å². The number of carbonyl (C=O) groups is 1. The predicted octanol–water partition coefficient (Wildman–Crippen LogP) is 5.70. The number of rotatable bonds is 9. The Bertz CT molecular complexity index is 1350. The summed E-state index contributed by atoms with van der Waals surface area (Å²) in [5, 5.41) is 0. The fourth-order valence-electron chi connectivity index (χ4n) is 4.87. The van der Waals surface area contributed by atoms with Gasteiger partial charge in [-0.25, -0.2) is 0 Å². The third kappa shape index (κ3) is 5.87. The zero-order valence-electron chi connectivity index (χ0n) is 21.4. The van der Waals surface area contributed by atoms with Crippen LogP contribution in [-0.2, 0) is 32.6 Å². The maximum atomic E-state index is 13.2. The van der Waals surface area contributed by atoms with Gasteiger partial charge in [0, 0.05) is 26.2 Å². The third-order valence-corrected chi connectivity index (χ3v) is 6.77. The molecule has 6 heteroatoms. The Hall–Kier alpha value is -4.03. The summed E-state index contributed by atoms with van der Waals surface area (Å²) in [6.45, 7) is 3.30. The number of ether oxygens (including phenoxy) is 2. The molecule has 4 aromatic rings. The van der Waals surface area contributed by atoms with E-state index in [0.717, 1.165) is 24.3 Å². The molecule has 6 nitrogen and oxygen atoms in total. The lowest BCUT2D eigenvalue weighted by Gasteiger charge is -2.28. The second-order valence-electron chi connectivity index (χ2n) is 9.33. The van der Waals surface area contributed by atoms with Crippen molar-refractivity contribution in [3.8, 4) is 11.5 Å². The number of nitrogens with zero attached hydrogens (tertiary/aromatic N) is 2. The number of amides is 1. The Kier molecular flexibility index (Phi) is 7.57. The van der Waals surface area contributed by atoms with Crippen molar-refractivity contribution in [2.75, 3.05) is 20.8 Å². The van der Waals surface area contributed by atoms with Crippen molar-refractivity contribution in [1.29, 1.82) is 0 Å². The van der Waals surface area contributed by atoms with Crippen LogP contribution in [0, 0.1) is 0 Å². The molecule has 0 fully saturated rings. The molecule has 37 heavy (non-hydrogen) atoms. The molecule has 0 bridgehead atoms. The minimum atomic E-state index is -0.0600. The summed E-state index contributed by atoms with van der Waals surface area (Å²) in [6.07, 6.45) is 0.867. The van der Waals surface area contributed by atoms with Crippen molar-refractivity contribution >= 4 is 5.91 Å². The average Bonchev–Trinajstić information content (AvgIpc) is 3.41. The average molecular weight is 497 g/mol. The van der Waals surface area contributed by atoms with Crippen LogP contribution in [0.5, 0.6) is 11.5 Å². The van der Waals surface area contributed by atoms with Gasteiger partial charge in [0.2, 0.25) is 0 Å². The summed E-state index contributed by atoms with van der Waals surface area (Å²) in [6, 6.07) is 28.4. The van der Waals surface area contributed by atoms with Gasteiger partial charge < -0.3 is 18.8 Å². The second kappa shape index (κ2) is 11.4. The fourth-order valence-corrected chi connectivity index (χ4v) is 4.87. The number of carbonyl (C=O) groups excluding carboxylic acids is 1. The minimum Gasteiger partial charge on any atom is -0.493 e. The summed E-state index contributed by atoms with van der Waals surface area (Å²) in [5.41, 5.74) is 4.83. The minimum absolute atomic E-state index is 0.0600. The fraction of sp³-hybridized carbons (Fsp3) is 0.258. The van der Waals surface area contributed by atoms with Crippen molar-refractivity contribution in [2.24, 2.45) is 0 Å². The summed E-state index contributed by atoms with van der Waals surface area (Å²) >= 11 is 0. The number of benzene rings is 3. The van der Waals surface area contributed by atoms with Gasteiger partial charge >= 0.3 is 0 Å². The first-order chi connectivity index (χ1) is 18.1. The zero-order valence-corrected chi connectivity index (χ0v) is 21.4. The number of furan rings is 1. The Morgan fingerprint density at radius 1 is 0.811 bits per heavy atom. The smallest absolute Gasteiger partial charge is 0.289 e. The highest BCUT2D eigenvalue weighted by molar-refractivity contribution is 5.91. The molecule has 0 N–H and O–H groups in total. The quantitative estimate of drug-likeness (QED) is 0.298. The Morgan fingerprint density at radius 2 is 1.54 bits per heavy atom. The van der Waals surface area contributed by atoms with Gasteiger partial charge in [-0.2, -0.15) is 0 Å². The van der Waals surface area contributed by atoms with E-state index in [9.17, 15) is 4.79 Å². The molecule has 0 saturated heterocycles. The van der Waals surface area contributed by atoms with Crippen LogP contribution in [0.25, 0.3) is 0 Å². The first-order valence-corrected chi connectivity index (χ1v) is 12.5. The maximum Gasteiger partial charge on any atom is 0.289 e. The van der Waals surface area contributed by atoms with Gasteiger partial charge in [0.25, 0.3) is 5.91 Å². The molecule has 2 heterocycles. The highest BCUT2D eigenvalue weighted by Crippen LogP contribution is 2.29. The van der Waals surface area contributed by atoms with E-state index in [1.54, 1.807) is 20.3 Å². The third-order valence-electron chi connectivity index (χ3n) is 6.77. The van der Waals surface area contributed by atoms with Gasteiger partial charge in [-0.15, -0.1) is 0 Å². The molecule has 1 aromatic heterocycles. The molecule has 5 rings (SSSR count). The van der Waals surface area contributed by atoms with Crippen molar-refractivity contribution in [3.63, 3.8) is 0 Å². The molecule has 1 amide bonds. The van der Waals surface area contributed by atoms with E-state index in [1.807, 2.05) is 53.4 Å². The predicted molar refractivity (Wildman–Crippen MR) is 143 cm³/mol. The monoisotopic (exact) mass is 496 g/mol. The standard InChI is InChI=1S/C31H32N2O4/c1-35-28-14-12-24(18-30(28)36-2)20-32(19-23-8-4-3-5-9-23)22-27-13-15-29(37-27)31(34)33-17-16-25-10-6-7-11-26(25)21-33/h3-15,18H,16-17,19-22H2,1-2H3. The molecule has 1 aliphatic rings. The van der Waals surface area contributed by atoms with Gasteiger partial charge in [0.05, 0.1) is 20.8 Å². The highest BCUT2D eigenvalue weighted by atomic mass is 16.5. The topological polar surface area (TPSA) is 55.2 Å². The number of methoxy groups -OCH3 is 2. The molecule has 0 unspecified atom stereocenters. The van der Waals surface area contributed by atoms with Crippen LogP contribution in [0.15, 0.2) is 89.3 Å². The van der Waals surface area contributed by atoms with E-state index < -0.39 is 0 Å². The molecule has 0 spiro atoms. The van der Waals surface area contributed by atoms with E-state index in [1.165, 1.54) is 16.7 Å². The van der Waals surface area contributed by atoms with Crippen molar-refractivity contribution in [3.05, 3.63) is 119 Å². The Balaban J connectivity index is 1.31.